The molecule has 0 radical (unpaired) electrons. The van der Waals surface area contributed by atoms with Crippen LogP contribution in [0, 0.1) is 0 Å². The highest BCUT2D eigenvalue weighted by atomic mass is 16.2. The summed E-state index contributed by atoms with van der Waals surface area (Å²) >= 11 is 0. The number of amides is 1. The number of carbonyl (C=O) groups is 1. The fourth-order valence-corrected chi connectivity index (χ4v) is 3.05. The molecular weight excluding hydrogens is 292 g/mol. The number of fused-ring (bicyclic) bond motifs is 3. The van der Waals surface area contributed by atoms with Crippen molar-refractivity contribution in [2.75, 3.05) is 0 Å². The van der Waals surface area contributed by atoms with Crippen molar-refractivity contribution in [2.45, 2.75) is 39.3 Å². The molecule has 0 spiro atoms. The van der Waals surface area contributed by atoms with E-state index in [4.69, 9.17) is 0 Å². The van der Waals surface area contributed by atoms with E-state index in [0.717, 1.165) is 16.3 Å². The van der Waals surface area contributed by atoms with Crippen molar-refractivity contribution in [3.8, 4) is 0 Å². The number of hydrogen-bond acceptors (Lipinski definition) is 3. The highest BCUT2D eigenvalue weighted by Gasteiger charge is 2.25. The highest BCUT2D eigenvalue weighted by Crippen LogP contribution is 2.30. The third-order valence-corrected chi connectivity index (χ3v) is 3.96. The quantitative estimate of drug-likeness (QED) is 0.776. The SMILES string of the molecule is CCC(C(=O)NC(C)C)n1c2ccccc2c2cn[nH]c(=O)c21. The molecule has 0 fully saturated rings. The average molecular weight is 312 g/mol. The molecule has 120 valence electrons. The topological polar surface area (TPSA) is 79.8 Å². The second-order valence-corrected chi connectivity index (χ2v) is 5.94. The van der Waals surface area contributed by atoms with Crippen molar-refractivity contribution in [3.63, 3.8) is 0 Å². The van der Waals surface area contributed by atoms with Gasteiger partial charge in [-0.25, -0.2) is 5.10 Å². The predicted octanol–water partition coefficient (Wildman–Crippen LogP) is 2.35. The van der Waals surface area contributed by atoms with E-state index < -0.39 is 6.04 Å². The second-order valence-electron chi connectivity index (χ2n) is 5.94. The summed E-state index contributed by atoms with van der Waals surface area (Å²) in [7, 11) is 0. The smallest absolute Gasteiger partial charge is 0.288 e. The molecule has 6 heteroatoms. The van der Waals surface area contributed by atoms with E-state index >= 15 is 0 Å². The van der Waals surface area contributed by atoms with Gasteiger partial charge in [0.1, 0.15) is 11.6 Å². The minimum Gasteiger partial charge on any atom is -0.352 e. The van der Waals surface area contributed by atoms with Gasteiger partial charge in [-0.1, -0.05) is 25.1 Å². The lowest BCUT2D eigenvalue weighted by Gasteiger charge is -2.20. The maximum atomic E-state index is 12.6. The molecule has 2 heterocycles. The Bertz CT molecular complexity index is 923. The minimum absolute atomic E-state index is 0.0459. The van der Waals surface area contributed by atoms with Gasteiger partial charge in [-0.15, -0.1) is 0 Å². The largest absolute Gasteiger partial charge is 0.352 e. The van der Waals surface area contributed by atoms with Gasteiger partial charge in [0.15, 0.2) is 0 Å². The number of rotatable bonds is 4. The summed E-state index contributed by atoms with van der Waals surface area (Å²) in [6, 6.07) is 7.31. The monoisotopic (exact) mass is 312 g/mol. The molecular formula is C17H20N4O2. The lowest BCUT2D eigenvalue weighted by Crippen LogP contribution is -2.37. The van der Waals surface area contributed by atoms with Crippen LogP contribution in [0.4, 0.5) is 0 Å². The van der Waals surface area contributed by atoms with E-state index in [1.807, 2.05) is 49.6 Å². The van der Waals surface area contributed by atoms with Crippen LogP contribution in [-0.4, -0.2) is 26.7 Å². The molecule has 1 amide bonds. The lowest BCUT2D eigenvalue weighted by molar-refractivity contribution is -0.124. The zero-order chi connectivity index (χ0) is 16.6. The molecule has 23 heavy (non-hydrogen) atoms. The fraction of sp³-hybridized carbons (Fsp3) is 0.353. The van der Waals surface area contributed by atoms with Gasteiger partial charge in [-0.3, -0.25) is 9.59 Å². The summed E-state index contributed by atoms with van der Waals surface area (Å²) in [5.74, 6) is -0.0821. The molecule has 1 atom stereocenters. The van der Waals surface area contributed by atoms with Gasteiger partial charge in [0.05, 0.1) is 11.7 Å². The highest BCUT2D eigenvalue weighted by molar-refractivity contribution is 6.08. The molecule has 0 saturated heterocycles. The molecule has 0 aliphatic rings. The number of aromatic amines is 1. The first-order valence-electron chi connectivity index (χ1n) is 7.81. The van der Waals surface area contributed by atoms with Crippen LogP contribution in [0.1, 0.15) is 33.2 Å². The van der Waals surface area contributed by atoms with Crippen LogP contribution in [0.5, 0.6) is 0 Å². The zero-order valence-electron chi connectivity index (χ0n) is 13.5. The van der Waals surface area contributed by atoms with E-state index in [2.05, 4.69) is 15.5 Å². The first kappa shape index (κ1) is 15.3. The van der Waals surface area contributed by atoms with Gasteiger partial charge in [0, 0.05) is 16.8 Å². The van der Waals surface area contributed by atoms with Gasteiger partial charge in [0.25, 0.3) is 5.56 Å². The van der Waals surface area contributed by atoms with Crippen molar-refractivity contribution >= 4 is 27.7 Å². The number of aromatic nitrogens is 3. The number of carbonyl (C=O) groups excluding carboxylic acids is 1. The molecule has 0 aliphatic carbocycles. The molecule has 0 aliphatic heterocycles. The summed E-state index contributed by atoms with van der Waals surface area (Å²) in [5.41, 5.74) is 1.08. The summed E-state index contributed by atoms with van der Waals surface area (Å²) < 4.78 is 1.84. The number of benzene rings is 1. The van der Waals surface area contributed by atoms with Crippen molar-refractivity contribution < 1.29 is 4.79 Å². The third-order valence-electron chi connectivity index (χ3n) is 3.96. The van der Waals surface area contributed by atoms with E-state index in [9.17, 15) is 9.59 Å². The zero-order valence-corrected chi connectivity index (χ0v) is 13.5. The summed E-state index contributed by atoms with van der Waals surface area (Å²) in [5, 5.41) is 11.0. The van der Waals surface area contributed by atoms with Crippen LogP contribution in [0.3, 0.4) is 0 Å². The van der Waals surface area contributed by atoms with Crippen molar-refractivity contribution in [1.29, 1.82) is 0 Å². The van der Waals surface area contributed by atoms with E-state index in [1.54, 1.807) is 6.20 Å². The number of para-hydroxylation sites is 1. The molecule has 2 N–H and O–H groups in total. The van der Waals surface area contributed by atoms with Gasteiger partial charge in [0.2, 0.25) is 5.91 Å². The van der Waals surface area contributed by atoms with Crippen LogP contribution in [-0.2, 0) is 4.79 Å². The van der Waals surface area contributed by atoms with E-state index in [1.165, 1.54) is 0 Å². The molecule has 0 bridgehead atoms. The third kappa shape index (κ3) is 2.50. The first-order chi connectivity index (χ1) is 11.0. The number of hydrogen-bond donors (Lipinski definition) is 2. The van der Waals surface area contributed by atoms with E-state index in [0.29, 0.717) is 11.9 Å². The van der Waals surface area contributed by atoms with Crippen LogP contribution in [0.15, 0.2) is 35.3 Å². The van der Waals surface area contributed by atoms with Crippen LogP contribution in [0.25, 0.3) is 21.8 Å². The lowest BCUT2D eigenvalue weighted by atomic mass is 10.1. The molecule has 0 saturated carbocycles. The Labute approximate surface area is 133 Å². The summed E-state index contributed by atoms with van der Waals surface area (Å²) in [6.07, 6.45) is 2.23. The Balaban J connectivity index is 2.33. The Morgan fingerprint density at radius 2 is 2.04 bits per heavy atom. The maximum Gasteiger partial charge on any atom is 0.288 e. The normalized spacial score (nSPS) is 12.9. The Hall–Kier alpha value is -2.63. The first-order valence-corrected chi connectivity index (χ1v) is 7.81. The van der Waals surface area contributed by atoms with Gasteiger partial charge < -0.3 is 9.88 Å². The maximum absolute atomic E-state index is 12.6. The van der Waals surface area contributed by atoms with Gasteiger partial charge >= 0.3 is 0 Å². The minimum atomic E-state index is -0.441. The molecule has 1 unspecified atom stereocenters. The van der Waals surface area contributed by atoms with Crippen molar-refractivity contribution in [3.05, 3.63) is 40.8 Å². The number of nitrogens with zero attached hydrogens (tertiary/aromatic N) is 2. The van der Waals surface area contributed by atoms with Crippen LogP contribution in [0.2, 0.25) is 0 Å². The van der Waals surface area contributed by atoms with E-state index in [-0.39, 0.29) is 17.5 Å². The Kier molecular flexibility index (Phi) is 3.90. The molecule has 3 rings (SSSR count). The van der Waals surface area contributed by atoms with Crippen molar-refractivity contribution in [2.24, 2.45) is 0 Å². The number of nitrogens with one attached hydrogen (secondary N) is 2. The van der Waals surface area contributed by atoms with Gasteiger partial charge in [-0.2, -0.15) is 5.10 Å². The number of H-pyrrole nitrogens is 1. The molecule has 1 aromatic carbocycles. The second kappa shape index (κ2) is 5.87. The van der Waals surface area contributed by atoms with Crippen LogP contribution < -0.4 is 10.9 Å². The standard InChI is InChI=1S/C17H20N4O2/c1-4-13(16(22)19-10(2)3)21-14-8-6-5-7-11(14)12-9-18-20-17(23)15(12)21/h5-10,13H,4H2,1-3H3,(H,19,22)(H,20,23). The summed E-state index contributed by atoms with van der Waals surface area (Å²) in [4.78, 5) is 25.0. The van der Waals surface area contributed by atoms with Crippen LogP contribution >= 0.6 is 0 Å². The van der Waals surface area contributed by atoms with Crippen molar-refractivity contribution in [1.82, 2.24) is 20.1 Å². The summed E-state index contributed by atoms with van der Waals surface area (Å²) in [6.45, 7) is 5.79. The fourth-order valence-electron chi connectivity index (χ4n) is 3.05. The molecule has 2 aromatic heterocycles. The molecule has 3 aromatic rings. The molecule has 6 nitrogen and oxygen atoms in total. The predicted molar refractivity (Wildman–Crippen MR) is 90.5 cm³/mol. The Morgan fingerprint density at radius 3 is 2.74 bits per heavy atom. The Morgan fingerprint density at radius 1 is 1.30 bits per heavy atom. The van der Waals surface area contributed by atoms with Gasteiger partial charge in [-0.05, 0) is 26.3 Å². The average Bonchev–Trinajstić information content (AvgIpc) is 2.84.